The van der Waals surface area contributed by atoms with E-state index in [4.69, 9.17) is 0 Å². The Balaban J connectivity index is 2.61. The molecule has 2 rings (SSSR count). The molecule has 0 saturated carbocycles. The molecule has 0 atom stereocenters. The molecule has 0 radical (unpaired) electrons. The summed E-state index contributed by atoms with van der Waals surface area (Å²) in [6, 6.07) is 0. The van der Waals surface area contributed by atoms with Crippen molar-refractivity contribution in [3.05, 3.63) is 26.7 Å². The van der Waals surface area contributed by atoms with Crippen molar-refractivity contribution in [1.82, 2.24) is 19.5 Å². The minimum atomic E-state index is -0.439. The summed E-state index contributed by atoms with van der Waals surface area (Å²) in [4.78, 5) is 32.3. The lowest BCUT2D eigenvalue weighted by atomic mass is 10.2. The average molecular weight is 222 g/mol. The molecule has 2 N–H and O–H groups in total. The van der Waals surface area contributed by atoms with Gasteiger partial charge in [0.15, 0.2) is 5.65 Å². The van der Waals surface area contributed by atoms with E-state index in [9.17, 15) is 9.59 Å². The number of hydrogen-bond donors (Lipinski definition) is 2. The van der Waals surface area contributed by atoms with Gasteiger partial charge in [0, 0.05) is 13.5 Å². The van der Waals surface area contributed by atoms with Crippen molar-refractivity contribution < 1.29 is 0 Å². The maximum atomic E-state index is 11.5. The van der Waals surface area contributed by atoms with E-state index in [-0.39, 0.29) is 0 Å². The van der Waals surface area contributed by atoms with Gasteiger partial charge in [0.05, 0.1) is 0 Å². The summed E-state index contributed by atoms with van der Waals surface area (Å²) in [5.74, 6) is 0.753. The third-order valence-electron chi connectivity index (χ3n) is 2.57. The molecule has 86 valence electrons. The van der Waals surface area contributed by atoms with E-state index in [0.29, 0.717) is 11.2 Å². The topological polar surface area (TPSA) is 83.5 Å². The first-order valence-corrected chi connectivity index (χ1v) is 5.31. The molecule has 2 heterocycles. The number of nitrogens with zero attached hydrogens (tertiary/aromatic N) is 2. The Morgan fingerprint density at radius 3 is 2.75 bits per heavy atom. The molecule has 0 amide bonds. The van der Waals surface area contributed by atoms with Gasteiger partial charge in [-0.05, 0) is 6.42 Å². The lowest BCUT2D eigenvalue weighted by molar-refractivity contribution is 0.762. The van der Waals surface area contributed by atoms with Crippen LogP contribution < -0.4 is 11.2 Å². The van der Waals surface area contributed by atoms with Crippen molar-refractivity contribution >= 4 is 11.2 Å². The third kappa shape index (κ3) is 1.66. The quantitative estimate of drug-likeness (QED) is 0.783. The number of unbranched alkanes of at least 4 members (excludes halogenated alkanes) is 1. The van der Waals surface area contributed by atoms with E-state index in [1.165, 1.54) is 4.57 Å². The van der Waals surface area contributed by atoms with Crippen LogP contribution in [-0.2, 0) is 13.5 Å². The number of nitrogens with one attached hydrogen (secondary N) is 2. The smallest absolute Gasteiger partial charge is 0.329 e. The van der Waals surface area contributed by atoms with Gasteiger partial charge >= 0.3 is 5.69 Å². The molecule has 0 saturated heterocycles. The largest absolute Gasteiger partial charge is 0.336 e. The van der Waals surface area contributed by atoms with Gasteiger partial charge in [-0.25, -0.2) is 9.78 Å². The van der Waals surface area contributed by atoms with Gasteiger partial charge in [-0.15, -0.1) is 0 Å². The Hall–Kier alpha value is -1.85. The number of H-pyrrole nitrogens is 2. The van der Waals surface area contributed by atoms with Gasteiger partial charge in [0.2, 0.25) is 0 Å². The lowest BCUT2D eigenvalue weighted by Gasteiger charge is -1.94. The van der Waals surface area contributed by atoms with Crippen LogP contribution in [0.4, 0.5) is 0 Å². The molecule has 0 fully saturated rings. The minimum absolute atomic E-state index is 0.369. The van der Waals surface area contributed by atoms with E-state index in [0.717, 1.165) is 25.1 Å². The van der Waals surface area contributed by atoms with Crippen LogP contribution in [0.1, 0.15) is 25.6 Å². The second kappa shape index (κ2) is 3.96. The summed E-state index contributed by atoms with van der Waals surface area (Å²) in [6.07, 6.45) is 2.86. The molecule has 6 nitrogen and oxygen atoms in total. The van der Waals surface area contributed by atoms with Crippen molar-refractivity contribution in [1.29, 1.82) is 0 Å². The lowest BCUT2D eigenvalue weighted by Crippen LogP contribution is -2.28. The Bertz CT molecular complexity index is 620. The summed E-state index contributed by atoms with van der Waals surface area (Å²) in [5.41, 5.74) is -0.0625. The predicted molar refractivity (Wildman–Crippen MR) is 60.6 cm³/mol. The maximum absolute atomic E-state index is 11.5. The van der Waals surface area contributed by atoms with E-state index in [2.05, 4.69) is 21.9 Å². The molecule has 2 aromatic rings. The highest BCUT2D eigenvalue weighted by Gasteiger charge is 2.09. The molecule has 0 aliphatic rings. The van der Waals surface area contributed by atoms with Crippen LogP contribution in [0, 0.1) is 0 Å². The van der Waals surface area contributed by atoms with Crippen LogP contribution in [0.5, 0.6) is 0 Å². The molecular formula is C10H14N4O2. The van der Waals surface area contributed by atoms with Gasteiger partial charge in [-0.1, -0.05) is 13.3 Å². The highest BCUT2D eigenvalue weighted by Crippen LogP contribution is 2.06. The van der Waals surface area contributed by atoms with Crippen molar-refractivity contribution in [2.75, 3.05) is 0 Å². The summed E-state index contributed by atoms with van der Waals surface area (Å²) >= 11 is 0. The highest BCUT2D eigenvalue weighted by atomic mass is 16.2. The zero-order valence-electron chi connectivity index (χ0n) is 9.33. The molecule has 0 aromatic carbocycles. The Morgan fingerprint density at radius 1 is 1.31 bits per heavy atom. The second-order valence-electron chi connectivity index (χ2n) is 3.80. The van der Waals surface area contributed by atoms with Crippen LogP contribution in [0.2, 0.25) is 0 Å². The normalized spacial score (nSPS) is 11.1. The number of aryl methyl sites for hydroxylation is 2. The molecule has 6 heteroatoms. The molecule has 0 bridgehead atoms. The van der Waals surface area contributed by atoms with Crippen LogP contribution >= 0.6 is 0 Å². The fourth-order valence-electron chi connectivity index (χ4n) is 1.62. The van der Waals surface area contributed by atoms with Gasteiger partial charge in [-0.2, -0.15) is 0 Å². The third-order valence-corrected chi connectivity index (χ3v) is 2.57. The van der Waals surface area contributed by atoms with Crippen LogP contribution in [0.15, 0.2) is 9.59 Å². The summed E-state index contributed by atoms with van der Waals surface area (Å²) in [5, 5.41) is 0. The van der Waals surface area contributed by atoms with Crippen LogP contribution in [0.3, 0.4) is 0 Å². The monoisotopic (exact) mass is 222 g/mol. The van der Waals surface area contributed by atoms with Crippen LogP contribution in [0.25, 0.3) is 11.2 Å². The second-order valence-corrected chi connectivity index (χ2v) is 3.80. The SMILES string of the molecule is CCCCc1nc2c([nH]1)c(=O)[nH]c(=O)n2C. The van der Waals surface area contributed by atoms with E-state index < -0.39 is 11.2 Å². The van der Waals surface area contributed by atoms with E-state index >= 15 is 0 Å². The predicted octanol–water partition coefficient (Wildman–Crippen LogP) is 0.292. The number of aromatic amines is 2. The molecule has 0 aliphatic carbocycles. The first kappa shape index (κ1) is 10.7. The number of rotatable bonds is 3. The number of fused-ring (bicyclic) bond motifs is 1. The highest BCUT2D eigenvalue weighted by molar-refractivity contribution is 5.69. The standard InChI is InChI=1S/C10H14N4O2/c1-3-4-5-6-11-7-8(12-6)14(2)10(16)13-9(7)15/h3-5H2,1-2H3,(H,11,12)(H,13,15,16). The average Bonchev–Trinajstić information content (AvgIpc) is 2.68. The molecule has 0 spiro atoms. The van der Waals surface area contributed by atoms with Crippen LogP contribution in [-0.4, -0.2) is 19.5 Å². The van der Waals surface area contributed by atoms with Gasteiger partial charge in [0.25, 0.3) is 5.56 Å². The summed E-state index contributed by atoms with van der Waals surface area (Å²) < 4.78 is 1.34. The first-order valence-electron chi connectivity index (χ1n) is 5.31. The molecule has 0 unspecified atom stereocenters. The summed E-state index contributed by atoms with van der Waals surface area (Å²) in [7, 11) is 1.59. The van der Waals surface area contributed by atoms with Gasteiger partial charge in [-0.3, -0.25) is 14.3 Å². The molecule has 0 aliphatic heterocycles. The molecular weight excluding hydrogens is 208 g/mol. The van der Waals surface area contributed by atoms with E-state index in [1.807, 2.05) is 0 Å². The van der Waals surface area contributed by atoms with E-state index in [1.54, 1.807) is 7.05 Å². The number of imidazole rings is 1. The van der Waals surface area contributed by atoms with Crippen molar-refractivity contribution in [2.45, 2.75) is 26.2 Å². The fourth-order valence-corrected chi connectivity index (χ4v) is 1.62. The summed E-state index contributed by atoms with van der Waals surface area (Å²) in [6.45, 7) is 2.09. The number of aromatic nitrogens is 4. The Morgan fingerprint density at radius 2 is 2.06 bits per heavy atom. The Labute approximate surface area is 91.3 Å². The van der Waals surface area contributed by atoms with Crippen molar-refractivity contribution in [3.63, 3.8) is 0 Å². The maximum Gasteiger partial charge on any atom is 0.329 e. The molecule has 16 heavy (non-hydrogen) atoms. The number of hydrogen-bond acceptors (Lipinski definition) is 3. The Kier molecular flexibility index (Phi) is 2.64. The van der Waals surface area contributed by atoms with Gasteiger partial charge in [0.1, 0.15) is 11.3 Å². The van der Waals surface area contributed by atoms with Crippen molar-refractivity contribution in [2.24, 2.45) is 7.05 Å². The zero-order valence-corrected chi connectivity index (χ0v) is 9.33. The van der Waals surface area contributed by atoms with Crippen molar-refractivity contribution in [3.8, 4) is 0 Å². The minimum Gasteiger partial charge on any atom is -0.336 e. The molecule has 2 aromatic heterocycles. The van der Waals surface area contributed by atoms with Gasteiger partial charge < -0.3 is 4.98 Å². The fraction of sp³-hybridized carbons (Fsp3) is 0.500. The first-order chi connectivity index (χ1) is 7.63. The zero-order chi connectivity index (χ0) is 11.7.